The van der Waals surface area contributed by atoms with E-state index >= 15 is 0 Å². The topological polar surface area (TPSA) is 148 Å². The summed E-state index contributed by atoms with van der Waals surface area (Å²) in [5.74, 6) is 0.241. The monoisotopic (exact) mass is 673 g/mol. The molecule has 244 valence electrons. The Morgan fingerprint density at radius 1 is 1.02 bits per heavy atom. The smallest absolute Gasteiger partial charge is 0.407 e. The molecule has 1 aliphatic rings. The summed E-state index contributed by atoms with van der Waals surface area (Å²) >= 11 is 6.05. The van der Waals surface area contributed by atoms with Crippen molar-refractivity contribution < 1.29 is 26.7 Å². The molecule has 0 aliphatic heterocycles. The van der Waals surface area contributed by atoms with Gasteiger partial charge in [0.1, 0.15) is 27.3 Å². The molecular formula is C31H34ClF2N7O4S. The summed E-state index contributed by atoms with van der Waals surface area (Å²) in [6.07, 6.45) is 0.959. The number of carbonyl (C=O) groups is 1. The number of ether oxygens (including phenoxy) is 1. The van der Waals surface area contributed by atoms with E-state index in [1.54, 1.807) is 45.9 Å². The van der Waals surface area contributed by atoms with E-state index in [0.29, 0.717) is 24.1 Å². The Hall–Kier alpha value is -4.17. The second kappa shape index (κ2) is 13.3. The lowest BCUT2D eigenvalue weighted by Gasteiger charge is -2.30. The highest BCUT2D eigenvalue weighted by Crippen LogP contribution is 2.33. The van der Waals surface area contributed by atoms with Crippen molar-refractivity contribution in [2.75, 3.05) is 10.0 Å². The maximum absolute atomic E-state index is 14.3. The summed E-state index contributed by atoms with van der Waals surface area (Å²) in [6.45, 7) is 7.04. The second-order valence-electron chi connectivity index (χ2n) is 12.0. The molecule has 0 bridgehead atoms. The van der Waals surface area contributed by atoms with E-state index in [1.165, 1.54) is 30.5 Å². The number of anilines is 2. The van der Waals surface area contributed by atoms with Crippen LogP contribution in [0, 0.1) is 6.92 Å². The molecule has 0 unspecified atom stereocenters. The number of sulfonamides is 1. The number of benzene rings is 1. The number of pyridine rings is 2. The number of rotatable bonds is 8. The number of aryl methyl sites for hydroxylation is 1. The Bertz CT molecular complexity index is 1860. The first-order valence-electron chi connectivity index (χ1n) is 14.7. The van der Waals surface area contributed by atoms with E-state index in [4.69, 9.17) is 16.3 Å². The third-order valence-corrected chi connectivity index (χ3v) is 9.17. The van der Waals surface area contributed by atoms with E-state index in [0.717, 1.165) is 12.8 Å². The number of alkyl carbamates (subject to hydrolysis) is 1. The van der Waals surface area contributed by atoms with Gasteiger partial charge in [0.15, 0.2) is 0 Å². The van der Waals surface area contributed by atoms with Gasteiger partial charge in [-0.3, -0.25) is 4.72 Å². The minimum absolute atomic E-state index is 0.000974. The maximum Gasteiger partial charge on any atom is 0.407 e. The Morgan fingerprint density at radius 3 is 2.37 bits per heavy atom. The molecule has 3 aromatic heterocycles. The van der Waals surface area contributed by atoms with Crippen molar-refractivity contribution in [3.8, 4) is 11.3 Å². The van der Waals surface area contributed by atoms with Gasteiger partial charge in [-0.2, -0.15) is 0 Å². The molecule has 0 spiro atoms. The molecule has 15 heteroatoms. The fourth-order valence-electron chi connectivity index (χ4n) is 5.20. The summed E-state index contributed by atoms with van der Waals surface area (Å²) in [6, 6.07) is 10.2. The van der Waals surface area contributed by atoms with E-state index in [1.807, 2.05) is 0 Å². The Balaban J connectivity index is 1.31. The van der Waals surface area contributed by atoms with Gasteiger partial charge in [0, 0.05) is 28.9 Å². The molecule has 3 heterocycles. The first kappa shape index (κ1) is 33.2. The fourth-order valence-corrected chi connectivity index (χ4v) is 6.73. The van der Waals surface area contributed by atoms with Crippen molar-refractivity contribution in [2.24, 2.45) is 0 Å². The average Bonchev–Trinajstić information content (AvgIpc) is 2.96. The third-order valence-electron chi connectivity index (χ3n) is 7.32. The first-order chi connectivity index (χ1) is 21.7. The van der Waals surface area contributed by atoms with Crippen molar-refractivity contribution in [3.05, 3.63) is 64.9 Å². The largest absolute Gasteiger partial charge is 0.444 e. The molecule has 4 aromatic rings. The maximum atomic E-state index is 14.3. The molecule has 1 aromatic carbocycles. The third kappa shape index (κ3) is 7.97. The van der Waals surface area contributed by atoms with Gasteiger partial charge in [0.05, 0.1) is 16.9 Å². The molecule has 1 saturated carbocycles. The van der Waals surface area contributed by atoms with Gasteiger partial charge in [0.2, 0.25) is 5.95 Å². The Labute approximate surface area is 270 Å². The highest BCUT2D eigenvalue weighted by Gasteiger charge is 2.26. The van der Waals surface area contributed by atoms with Crippen LogP contribution in [0.4, 0.5) is 25.3 Å². The van der Waals surface area contributed by atoms with E-state index < -0.39 is 28.1 Å². The van der Waals surface area contributed by atoms with Gasteiger partial charge < -0.3 is 15.4 Å². The molecule has 11 nitrogen and oxygen atoms in total. The quantitative estimate of drug-likeness (QED) is 0.179. The first-order valence-corrected chi connectivity index (χ1v) is 16.5. The number of fused-ring (bicyclic) bond motifs is 1. The minimum atomic E-state index is -4.02. The number of alkyl halides is 2. The summed E-state index contributed by atoms with van der Waals surface area (Å²) < 4.78 is 62.0. The molecule has 0 radical (unpaired) electrons. The van der Waals surface area contributed by atoms with Gasteiger partial charge >= 0.3 is 6.09 Å². The van der Waals surface area contributed by atoms with E-state index in [-0.39, 0.29) is 56.1 Å². The van der Waals surface area contributed by atoms with Crippen LogP contribution in [0.1, 0.15) is 64.1 Å². The molecule has 3 N–H and O–H groups in total. The van der Waals surface area contributed by atoms with Crippen molar-refractivity contribution in [1.29, 1.82) is 0 Å². The van der Waals surface area contributed by atoms with Gasteiger partial charge in [-0.1, -0.05) is 23.7 Å². The number of hydrogen-bond donors (Lipinski definition) is 3. The highest BCUT2D eigenvalue weighted by atomic mass is 35.5. The van der Waals surface area contributed by atoms with E-state index in [9.17, 15) is 22.0 Å². The summed E-state index contributed by atoms with van der Waals surface area (Å²) in [7, 11) is -4.02. The minimum Gasteiger partial charge on any atom is -0.444 e. The normalized spacial score (nSPS) is 17.1. The number of carbonyl (C=O) groups excluding carboxylic acids is 1. The van der Waals surface area contributed by atoms with Crippen LogP contribution < -0.4 is 15.4 Å². The number of aromatic nitrogens is 4. The zero-order chi connectivity index (χ0) is 33.2. The predicted octanol–water partition coefficient (Wildman–Crippen LogP) is 7.03. The van der Waals surface area contributed by atoms with Crippen LogP contribution in [0.15, 0.2) is 53.6 Å². The fraction of sp³-hybridized carbons (Fsp3) is 0.387. The van der Waals surface area contributed by atoms with Crippen LogP contribution in [0.25, 0.3) is 22.3 Å². The van der Waals surface area contributed by atoms with Crippen molar-refractivity contribution in [2.45, 2.75) is 82.4 Å². The van der Waals surface area contributed by atoms with Crippen molar-refractivity contribution in [1.82, 2.24) is 25.3 Å². The summed E-state index contributed by atoms with van der Waals surface area (Å²) in [5, 5.41) is 6.19. The number of nitrogens with one attached hydrogen (secondary N) is 3. The lowest BCUT2D eigenvalue weighted by atomic mass is 9.91. The highest BCUT2D eigenvalue weighted by molar-refractivity contribution is 7.92. The van der Waals surface area contributed by atoms with Crippen LogP contribution >= 0.6 is 11.6 Å². The second-order valence-corrected chi connectivity index (χ2v) is 14.1. The Morgan fingerprint density at radius 2 is 1.72 bits per heavy atom. The van der Waals surface area contributed by atoms with Crippen LogP contribution in [0.2, 0.25) is 5.02 Å². The van der Waals surface area contributed by atoms with Crippen molar-refractivity contribution >= 4 is 50.5 Å². The number of amides is 1. The van der Waals surface area contributed by atoms with Gasteiger partial charge in [0.25, 0.3) is 16.4 Å². The number of hydrogen-bond acceptors (Lipinski definition) is 9. The zero-order valence-corrected chi connectivity index (χ0v) is 27.2. The zero-order valence-electron chi connectivity index (χ0n) is 25.6. The molecule has 46 heavy (non-hydrogen) atoms. The van der Waals surface area contributed by atoms with Crippen LogP contribution in [0.3, 0.4) is 0 Å². The molecule has 1 aliphatic carbocycles. The molecule has 0 saturated heterocycles. The molecule has 1 fully saturated rings. The molecular weight excluding hydrogens is 640 g/mol. The summed E-state index contributed by atoms with van der Waals surface area (Å²) in [4.78, 5) is 29.6. The summed E-state index contributed by atoms with van der Waals surface area (Å²) in [5.41, 5.74) is 0.306. The standard InChI is InChI=1S/C31H34ClF2N7O4S/c1-17-20(13-14-26(36-17)41-46(43,44)25-8-6-5-7-22(25)32)23-15-21(28(33)34)27-24(39-23)16-35-29(40-27)37-18-9-11-19(12-10-18)38-30(42)45-31(2,3)4/h5-8,13-16,18-19,28H,9-12H2,1-4H3,(H,36,41)(H,38,42)(H,35,37,40). The van der Waals surface area contributed by atoms with Crippen LogP contribution in [-0.4, -0.2) is 52.1 Å². The van der Waals surface area contributed by atoms with Gasteiger partial charge in [-0.05, 0) is 83.7 Å². The lowest BCUT2D eigenvalue weighted by Crippen LogP contribution is -2.42. The number of nitrogens with zero attached hydrogens (tertiary/aromatic N) is 4. The van der Waals surface area contributed by atoms with Gasteiger partial charge in [-0.25, -0.2) is 41.9 Å². The predicted molar refractivity (Wildman–Crippen MR) is 172 cm³/mol. The average molecular weight is 674 g/mol. The molecule has 0 atom stereocenters. The lowest BCUT2D eigenvalue weighted by molar-refractivity contribution is 0.0492. The van der Waals surface area contributed by atoms with E-state index in [2.05, 4.69) is 35.3 Å². The molecule has 1 amide bonds. The van der Waals surface area contributed by atoms with Crippen LogP contribution in [0.5, 0.6) is 0 Å². The SMILES string of the molecule is Cc1nc(NS(=O)(=O)c2ccccc2Cl)ccc1-c1cc(C(F)F)c2nc(NC3CCC(NC(=O)OC(C)(C)C)CC3)ncc2n1. The number of halogens is 3. The van der Waals surface area contributed by atoms with Crippen molar-refractivity contribution in [3.63, 3.8) is 0 Å². The molecule has 5 rings (SSSR count). The van der Waals surface area contributed by atoms with Gasteiger partial charge in [-0.15, -0.1) is 0 Å². The Kier molecular flexibility index (Phi) is 9.59. The van der Waals surface area contributed by atoms with Crippen LogP contribution in [-0.2, 0) is 14.8 Å².